The molecule has 1 saturated carbocycles. The fourth-order valence-electron chi connectivity index (χ4n) is 3.01. The van der Waals surface area contributed by atoms with Gasteiger partial charge in [-0.25, -0.2) is 8.78 Å². The number of nitriles is 1. The monoisotopic (exact) mass is 472 g/mol. The molecule has 0 bridgehead atoms. The van der Waals surface area contributed by atoms with Crippen LogP contribution in [-0.4, -0.2) is 27.6 Å². The van der Waals surface area contributed by atoms with Gasteiger partial charge < -0.3 is 4.74 Å². The van der Waals surface area contributed by atoms with E-state index in [1.54, 1.807) is 6.07 Å². The molecular formula is C19H13F5N4OS2. The van der Waals surface area contributed by atoms with Crippen molar-refractivity contribution in [3.8, 4) is 11.9 Å². The molecule has 1 aromatic heterocycles. The summed E-state index contributed by atoms with van der Waals surface area (Å²) in [6.45, 7) is -0.771. The number of nitrogens with zero attached hydrogens (tertiary/aromatic N) is 4. The van der Waals surface area contributed by atoms with E-state index >= 15 is 0 Å². The maximum atomic E-state index is 12.9. The second kappa shape index (κ2) is 8.27. The molecule has 1 aromatic carbocycles. The fraction of sp³-hybridized carbons (Fsp3) is 0.368. The van der Waals surface area contributed by atoms with Crippen LogP contribution in [0.15, 0.2) is 34.3 Å². The first-order chi connectivity index (χ1) is 14.7. The molecule has 0 atom stereocenters. The van der Waals surface area contributed by atoms with E-state index in [2.05, 4.69) is 10.2 Å². The summed E-state index contributed by atoms with van der Waals surface area (Å²) in [7, 11) is 0. The topological polar surface area (TPSA) is 71.2 Å². The van der Waals surface area contributed by atoms with Crippen LogP contribution in [0.1, 0.15) is 35.1 Å². The van der Waals surface area contributed by atoms with E-state index in [4.69, 9.17) is 9.73 Å². The van der Waals surface area contributed by atoms with E-state index in [0.717, 1.165) is 30.5 Å². The molecule has 2 heterocycles. The summed E-state index contributed by atoms with van der Waals surface area (Å²) in [5.74, 6) is 0.280. The standard InChI is InChI=1S/C19H13F5N4OS2/c20-14(21)8-29-15-6-13-16(28-27-15)31-17(26-18(13)3-4-18)30-9-10-1-2-12(19(22,23)24)5-11(10)7-25/h1-2,5-6,14H,3-4,8-9H2. The Morgan fingerprint density at radius 2 is 2.00 bits per heavy atom. The average Bonchev–Trinajstić information content (AvgIpc) is 3.49. The Hall–Kier alpha value is -2.39. The van der Waals surface area contributed by atoms with Gasteiger partial charge in [-0.3, -0.25) is 4.99 Å². The van der Waals surface area contributed by atoms with Crippen LogP contribution in [0, 0.1) is 11.3 Å². The zero-order chi connectivity index (χ0) is 22.2. The van der Waals surface area contributed by atoms with Gasteiger partial charge in [0, 0.05) is 17.4 Å². The number of aliphatic imine (C=N–C) groups is 1. The molecule has 5 nitrogen and oxygen atoms in total. The number of hydrogen-bond donors (Lipinski definition) is 0. The Morgan fingerprint density at radius 3 is 2.65 bits per heavy atom. The average molecular weight is 472 g/mol. The van der Waals surface area contributed by atoms with Crippen molar-refractivity contribution in [3.05, 3.63) is 46.5 Å². The summed E-state index contributed by atoms with van der Waals surface area (Å²) in [4.78, 5) is 4.74. The van der Waals surface area contributed by atoms with Gasteiger partial charge in [-0.1, -0.05) is 17.8 Å². The van der Waals surface area contributed by atoms with Crippen LogP contribution in [0.25, 0.3) is 0 Å². The first-order valence-corrected chi connectivity index (χ1v) is 10.8. The summed E-state index contributed by atoms with van der Waals surface area (Å²) >= 11 is 2.55. The van der Waals surface area contributed by atoms with Gasteiger partial charge in [-0.05, 0) is 42.3 Å². The van der Waals surface area contributed by atoms with Gasteiger partial charge in [0.05, 0.1) is 22.7 Å². The molecule has 1 fully saturated rings. The number of thioether (sulfide) groups is 2. The maximum absolute atomic E-state index is 12.9. The van der Waals surface area contributed by atoms with Crippen LogP contribution in [0.4, 0.5) is 22.0 Å². The third-order valence-electron chi connectivity index (χ3n) is 4.72. The third-order valence-corrected chi connectivity index (χ3v) is 6.88. The summed E-state index contributed by atoms with van der Waals surface area (Å²) in [6, 6.07) is 6.50. The summed E-state index contributed by atoms with van der Waals surface area (Å²) in [5, 5.41) is 17.7. The van der Waals surface area contributed by atoms with E-state index in [1.165, 1.54) is 29.6 Å². The van der Waals surface area contributed by atoms with Crippen molar-refractivity contribution >= 4 is 27.9 Å². The Balaban J connectivity index is 1.49. The van der Waals surface area contributed by atoms with E-state index in [1.807, 2.05) is 6.07 Å². The smallest absolute Gasteiger partial charge is 0.416 e. The zero-order valence-corrected chi connectivity index (χ0v) is 17.3. The first kappa shape index (κ1) is 21.8. The normalized spacial score (nSPS) is 16.6. The van der Waals surface area contributed by atoms with Crippen LogP contribution < -0.4 is 4.74 Å². The van der Waals surface area contributed by atoms with Gasteiger partial charge in [-0.2, -0.15) is 18.4 Å². The number of benzene rings is 1. The van der Waals surface area contributed by atoms with Crippen molar-refractivity contribution in [2.24, 2.45) is 4.99 Å². The second-order valence-electron chi connectivity index (χ2n) is 6.89. The fourth-order valence-corrected chi connectivity index (χ4v) is 5.26. The van der Waals surface area contributed by atoms with Crippen LogP contribution in [0.2, 0.25) is 0 Å². The van der Waals surface area contributed by atoms with Gasteiger partial charge in [0.25, 0.3) is 6.43 Å². The number of alkyl halides is 5. The molecule has 31 heavy (non-hydrogen) atoms. The summed E-state index contributed by atoms with van der Waals surface area (Å²) in [5.41, 5.74) is -0.159. The highest BCUT2D eigenvalue weighted by molar-refractivity contribution is 8.38. The van der Waals surface area contributed by atoms with Crippen LogP contribution in [0.5, 0.6) is 5.88 Å². The van der Waals surface area contributed by atoms with Crippen LogP contribution in [-0.2, 0) is 17.5 Å². The molecule has 0 N–H and O–H groups in total. The molecule has 0 radical (unpaired) electrons. The Kier molecular flexibility index (Phi) is 5.83. The lowest BCUT2D eigenvalue weighted by Crippen LogP contribution is -2.16. The summed E-state index contributed by atoms with van der Waals surface area (Å²) in [6.07, 6.45) is -5.62. The largest absolute Gasteiger partial charge is 0.471 e. The quantitative estimate of drug-likeness (QED) is 0.543. The van der Waals surface area contributed by atoms with Crippen molar-refractivity contribution in [1.29, 1.82) is 5.26 Å². The maximum Gasteiger partial charge on any atom is 0.416 e. The molecule has 0 unspecified atom stereocenters. The lowest BCUT2D eigenvalue weighted by Gasteiger charge is -2.22. The number of rotatable bonds is 5. The van der Waals surface area contributed by atoms with Crippen molar-refractivity contribution in [1.82, 2.24) is 10.2 Å². The molecule has 1 aliphatic carbocycles. The number of fused-ring (bicyclic) bond motifs is 2. The number of halogens is 5. The highest BCUT2D eigenvalue weighted by Crippen LogP contribution is 2.56. The lowest BCUT2D eigenvalue weighted by molar-refractivity contribution is -0.137. The van der Waals surface area contributed by atoms with Crippen LogP contribution in [0.3, 0.4) is 0 Å². The van der Waals surface area contributed by atoms with E-state index in [0.29, 0.717) is 15.0 Å². The molecule has 2 aliphatic rings. The number of aromatic nitrogens is 2. The number of ether oxygens (including phenoxy) is 1. The third kappa shape index (κ3) is 4.77. The molecule has 1 spiro atoms. The second-order valence-corrected chi connectivity index (χ2v) is 9.09. The molecule has 0 amide bonds. The predicted octanol–water partition coefficient (Wildman–Crippen LogP) is 5.40. The van der Waals surface area contributed by atoms with Crippen molar-refractivity contribution in [2.45, 2.75) is 41.8 Å². The van der Waals surface area contributed by atoms with E-state index < -0.39 is 30.3 Å². The van der Waals surface area contributed by atoms with Gasteiger partial charge in [0.2, 0.25) is 5.88 Å². The minimum absolute atomic E-state index is 0.0145. The molecule has 1 aliphatic heterocycles. The minimum atomic E-state index is -4.51. The number of hydrogen-bond acceptors (Lipinski definition) is 7. The molecular weight excluding hydrogens is 459 g/mol. The predicted molar refractivity (Wildman–Crippen MR) is 105 cm³/mol. The van der Waals surface area contributed by atoms with Crippen LogP contribution >= 0.6 is 23.5 Å². The van der Waals surface area contributed by atoms with Gasteiger partial charge in [0.15, 0.2) is 6.61 Å². The first-order valence-electron chi connectivity index (χ1n) is 9.00. The molecule has 4 rings (SSSR count). The molecule has 2 aromatic rings. The zero-order valence-electron chi connectivity index (χ0n) is 15.6. The lowest BCUT2D eigenvalue weighted by atomic mass is 10.1. The highest BCUT2D eigenvalue weighted by Gasteiger charge is 2.49. The molecule has 12 heteroatoms. The van der Waals surface area contributed by atoms with Crippen molar-refractivity contribution < 1.29 is 26.7 Å². The van der Waals surface area contributed by atoms with Gasteiger partial charge >= 0.3 is 6.18 Å². The van der Waals surface area contributed by atoms with Gasteiger partial charge in [-0.15, -0.1) is 10.2 Å². The van der Waals surface area contributed by atoms with E-state index in [-0.39, 0.29) is 17.2 Å². The van der Waals surface area contributed by atoms with Gasteiger partial charge in [0.1, 0.15) is 9.40 Å². The highest BCUT2D eigenvalue weighted by atomic mass is 32.2. The minimum Gasteiger partial charge on any atom is -0.471 e. The van der Waals surface area contributed by atoms with E-state index in [9.17, 15) is 27.2 Å². The summed E-state index contributed by atoms with van der Waals surface area (Å²) < 4.78 is 68.9. The Bertz CT molecular complexity index is 1080. The van der Waals surface area contributed by atoms with Crippen molar-refractivity contribution in [2.75, 3.05) is 6.61 Å². The molecule has 162 valence electrons. The van der Waals surface area contributed by atoms with Crippen molar-refractivity contribution in [3.63, 3.8) is 0 Å². The Labute approximate surface area is 182 Å². The SMILES string of the molecule is N#Cc1cc(C(F)(F)F)ccc1CSC1=NC2(CC2)c2cc(OCC(F)F)nnc2S1. The molecule has 0 saturated heterocycles. The Morgan fingerprint density at radius 1 is 1.23 bits per heavy atom.